The number of aryl methyl sites for hydroxylation is 1. The van der Waals surface area contributed by atoms with Gasteiger partial charge in [-0.25, -0.2) is 9.78 Å². The van der Waals surface area contributed by atoms with E-state index in [0.29, 0.717) is 45.8 Å². The number of nitrogens with zero attached hydrogens (tertiary/aromatic N) is 2. The van der Waals surface area contributed by atoms with Gasteiger partial charge in [0.05, 0.1) is 17.7 Å². The second kappa shape index (κ2) is 10.1. The van der Waals surface area contributed by atoms with E-state index in [2.05, 4.69) is 10.1 Å². The van der Waals surface area contributed by atoms with Crippen molar-refractivity contribution in [3.05, 3.63) is 98.5 Å². The molecular formula is C30H26Cl2N2O4. The molecule has 0 saturated heterocycles. The Morgan fingerprint density at radius 2 is 1.92 bits per heavy atom. The van der Waals surface area contributed by atoms with Crippen LogP contribution in [0.25, 0.3) is 11.3 Å². The summed E-state index contributed by atoms with van der Waals surface area (Å²) >= 11 is 13.3. The first-order chi connectivity index (χ1) is 18.4. The van der Waals surface area contributed by atoms with Crippen LogP contribution in [0.5, 0.6) is 5.75 Å². The quantitative estimate of drug-likeness (QED) is 0.208. The van der Waals surface area contributed by atoms with Gasteiger partial charge in [0.2, 0.25) is 0 Å². The number of carbonyl (C=O) groups excluding carboxylic acids is 1. The minimum atomic E-state index is -0.438. The molecule has 2 aliphatic rings. The molecule has 0 aliphatic heterocycles. The van der Waals surface area contributed by atoms with Crippen molar-refractivity contribution >= 4 is 29.2 Å². The topological polar surface area (TPSA) is 74.5 Å². The average molecular weight is 549 g/mol. The van der Waals surface area contributed by atoms with E-state index < -0.39 is 5.97 Å². The highest BCUT2D eigenvalue weighted by Crippen LogP contribution is 2.56. The number of hydrogen-bond donors (Lipinski definition) is 0. The normalized spacial score (nSPS) is 18.3. The number of carbonyl (C=O) groups is 1. The fourth-order valence-corrected chi connectivity index (χ4v) is 5.69. The van der Waals surface area contributed by atoms with Crippen molar-refractivity contribution in [3.8, 4) is 17.0 Å². The van der Waals surface area contributed by atoms with E-state index in [1.54, 1.807) is 12.3 Å². The van der Waals surface area contributed by atoms with E-state index in [4.69, 9.17) is 37.2 Å². The number of methoxy groups -OCH3 is 1. The number of halogens is 2. The third-order valence-corrected chi connectivity index (χ3v) is 8.02. The van der Waals surface area contributed by atoms with Crippen molar-refractivity contribution in [2.24, 2.45) is 0 Å². The highest BCUT2D eigenvalue weighted by atomic mass is 35.5. The molecule has 8 heteroatoms. The molecule has 2 unspecified atom stereocenters. The zero-order chi connectivity index (χ0) is 26.4. The lowest BCUT2D eigenvalue weighted by Gasteiger charge is -2.12. The monoisotopic (exact) mass is 548 g/mol. The van der Waals surface area contributed by atoms with Crippen molar-refractivity contribution in [1.82, 2.24) is 10.1 Å². The van der Waals surface area contributed by atoms with Gasteiger partial charge in [-0.3, -0.25) is 0 Å². The smallest absolute Gasteiger partial charge is 0.356 e. The van der Waals surface area contributed by atoms with Crippen molar-refractivity contribution in [1.29, 1.82) is 0 Å². The Labute approximate surface area is 230 Å². The second-order valence-corrected chi connectivity index (χ2v) is 10.8. The van der Waals surface area contributed by atoms with E-state index >= 15 is 0 Å². The van der Waals surface area contributed by atoms with Gasteiger partial charge in [0.25, 0.3) is 0 Å². The lowest BCUT2D eigenvalue weighted by Crippen LogP contribution is -2.04. The van der Waals surface area contributed by atoms with Crippen LogP contribution in [0.15, 0.2) is 59.3 Å². The van der Waals surface area contributed by atoms with Gasteiger partial charge in [-0.05, 0) is 79.0 Å². The number of ether oxygens (including phenoxy) is 2. The largest absolute Gasteiger partial charge is 0.489 e. The summed E-state index contributed by atoms with van der Waals surface area (Å²) in [7, 11) is 1.35. The molecule has 2 heterocycles. The molecular weight excluding hydrogens is 523 g/mol. The summed E-state index contributed by atoms with van der Waals surface area (Å²) in [4.78, 5) is 15.9. The Kier molecular flexibility index (Phi) is 6.62. The predicted molar refractivity (Wildman–Crippen MR) is 145 cm³/mol. The van der Waals surface area contributed by atoms with Crippen molar-refractivity contribution in [3.63, 3.8) is 0 Å². The summed E-state index contributed by atoms with van der Waals surface area (Å²) in [6.45, 7) is 2.33. The molecule has 2 aromatic heterocycles. The summed E-state index contributed by atoms with van der Waals surface area (Å²) in [6, 6.07) is 15.3. The van der Waals surface area contributed by atoms with Crippen LogP contribution in [0.2, 0.25) is 10.0 Å². The van der Waals surface area contributed by atoms with Crippen LogP contribution in [0.4, 0.5) is 0 Å². The Morgan fingerprint density at radius 3 is 2.61 bits per heavy atom. The molecule has 2 saturated carbocycles. The Morgan fingerprint density at radius 1 is 1.08 bits per heavy atom. The van der Waals surface area contributed by atoms with Crippen LogP contribution < -0.4 is 4.74 Å². The maximum Gasteiger partial charge on any atom is 0.356 e. The number of hydrogen-bond acceptors (Lipinski definition) is 6. The maximum atomic E-state index is 11.6. The number of esters is 1. The zero-order valence-corrected chi connectivity index (χ0v) is 22.6. The molecule has 38 heavy (non-hydrogen) atoms. The van der Waals surface area contributed by atoms with Crippen molar-refractivity contribution < 1.29 is 18.8 Å². The number of benzene rings is 2. The van der Waals surface area contributed by atoms with Gasteiger partial charge in [0.1, 0.15) is 29.5 Å². The summed E-state index contributed by atoms with van der Waals surface area (Å²) < 4.78 is 16.7. The van der Waals surface area contributed by atoms with Gasteiger partial charge in [0, 0.05) is 22.7 Å². The number of rotatable bonds is 8. The minimum absolute atomic E-state index is 0.302. The molecule has 194 valence electrons. The van der Waals surface area contributed by atoms with Gasteiger partial charge < -0.3 is 14.0 Å². The van der Waals surface area contributed by atoms with E-state index in [9.17, 15) is 4.79 Å². The Hall–Kier alpha value is -3.35. The first kappa shape index (κ1) is 25.0. The van der Waals surface area contributed by atoms with Gasteiger partial charge in [0.15, 0.2) is 0 Å². The van der Waals surface area contributed by atoms with Crippen molar-refractivity contribution in [2.45, 2.75) is 50.5 Å². The van der Waals surface area contributed by atoms with E-state index in [1.807, 2.05) is 49.4 Å². The van der Waals surface area contributed by atoms with Crippen LogP contribution >= 0.6 is 23.2 Å². The average Bonchev–Trinajstić information content (AvgIpc) is 3.85. The van der Waals surface area contributed by atoms with E-state index in [0.717, 1.165) is 58.5 Å². The van der Waals surface area contributed by atoms with Gasteiger partial charge >= 0.3 is 5.97 Å². The molecule has 2 fully saturated rings. The fourth-order valence-electron chi connectivity index (χ4n) is 5.07. The molecule has 6 rings (SSSR count). The molecule has 0 radical (unpaired) electrons. The maximum absolute atomic E-state index is 11.6. The van der Waals surface area contributed by atoms with Crippen LogP contribution in [0.1, 0.15) is 75.5 Å². The fraction of sp³-hybridized carbons (Fsp3) is 0.300. The first-order valence-corrected chi connectivity index (χ1v) is 13.4. The standard InChI is InChI=1S/C30H26Cl2N2O4/c1-16-4-3-5-24(31)27(16)28-23(29(38-34-28)17-6-7-17)15-37-19-9-10-20(25(32)12-19)22-13-21(22)18-8-11-26(33-14-18)30(35)36-2/h3-5,8-12,14,17,21-22H,6-7,13,15H2,1-2H3. The number of pyridine rings is 1. The molecule has 0 N–H and O–H groups in total. The lowest BCUT2D eigenvalue weighted by molar-refractivity contribution is 0.0594. The molecule has 6 nitrogen and oxygen atoms in total. The Bertz CT molecular complexity index is 1490. The summed E-state index contributed by atoms with van der Waals surface area (Å²) in [5.41, 5.74) is 6.07. The molecule has 0 bridgehead atoms. The van der Waals surface area contributed by atoms with Crippen molar-refractivity contribution in [2.75, 3.05) is 7.11 Å². The third-order valence-electron chi connectivity index (χ3n) is 7.38. The van der Waals surface area contributed by atoms with E-state index in [1.165, 1.54) is 7.11 Å². The first-order valence-electron chi connectivity index (χ1n) is 12.6. The van der Waals surface area contributed by atoms with Crippen LogP contribution in [-0.2, 0) is 11.3 Å². The van der Waals surface area contributed by atoms with Crippen LogP contribution in [0, 0.1) is 6.92 Å². The summed E-state index contributed by atoms with van der Waals surface area (Å²) in [5.74, 6) is 2.13. The molecule has 2 atom stereocenters. The van der Waals surface area contributed by atoms with E-state index in [-0.39, 0.29) is 0 Å². The molecule has 2 aromatic carbocycles. The predicted octanol–water partition coefficient (Wildman–Crippen LogP) is 7.87. The van der Waals surface area contributed by atoms with Crippen LogP contribution in [0.3, 0.4) is 0 Å². The van der Waals surface area contributed by atoms with Gasteiger partial charge in [-0.1, -0.05) is 52.6 Å². The zero-order valence-electron chi connectivity index (χ0n) is 21.0. The van der Waals surface area contributed by atoms with Crippen LogP contribution in [-0.4, -0.2) is 23.2 Å². The SMILES string of the molecule is COC(=O)c1ccc(C2CC2c2ccc(OCc3c(-c4c(C)cccc4Cl)noc3C3CC3)cc2Cl)cn1. The minimum Gasteiger partial charge on any atom is -0.489 e. The van der Waals surface area contributed by atoms with Gasteiger partial charge in [-0.2, -0.15) is 0 Å². The highest BCUT2D eigenvalue weighted by molar-refractivity contribution is 6.33. The summed E-state index contributed by atoms with van der Waals surface area (Å²) in [6.07, 6.45) is 4.91. The summed E-state index contributed by atoms with van der Waals surface area (Å²) in [5, 5.41) is 5.72. The molecule has 0 spiro atoms. The van der Waals surface area contributed by atoms with Gasteiger partial charge in [-0.15, -0.1) is 0 Å². The third kappa shape index (κ3) is 4.79. The molecule has 0 amide bonds. The second-order valence-electron chi connectivity index (χ2n) is 9.97. The Balaban J connectivity index is 1.18. The molecule has 4 aromatic rings. The lowest BCUT2D eigenvalue weighted by atomic mass is 10.0. The highest BCUT2D eigenvalue weighted by Gasteiger charge is 2.41. The number of aromatic nitrogens is 2. The molecule has 2 aliphatic carbocycles.